The van der Waals surface area contributed by atoms with Gasteiger partial charge in [-0.15, -0.1) is 0 Å². The molecular formula is C24H32O4. The number of hydrogen-bond donors (Lipinski definition) is 3. The van der Waals surface area contributed by atoms with Gasteiger partial charge in [0.1, 0.15) is 12.4 Å². The van der Waals surface area contributed by atoms with E-state index in [-0.39, 0.29) is 5.41 Å². The van der Waals surface area contributed by atoms with Crippen LogP contribution in [0.5, 0.6) is 5.75 Å². The fraction of sp³-hybridized carbons (Fsp3) is 0.417. The highest BCUT2D eigenvalue weighted by Gasteiger charge is 2.22. The molecule has 0 saturated carbocycles. The second kappa shape index (κ2) is 9.37. The summed E-state index contributed by atoms with van der Waals surface area (Å²) in [5.41, 5.74) is 1.51. The lowest BCUT2D eigenvalue weighted by atomic mass is 9.82. The lowest BCUT2D eigenvalue weighted by Crippen LogP contribution is -2.25. The zero-order valence-corrected chi connectivity index (χ0v) is 17.2. The van der Waals surface area contributed by atoms with E-state index in [1.54, 1.807) is 12.1 Å². The molecule has 0 saturated heterocycles. The number of aliphatic hydroxyl groups is 3. The van der Waals surface area contributed by atoms with Crippen molar-refractivity contribution in [2.45, 2.75) is 64.4 Å². The third-order valence-electron chi connectivity index (χ3n) is 5.30. The molecule has 3 N–H and O–H groups in total. The smallest absolute Gasteiger partial charge is 0.178 e. The Kier molecular flexibility index (Phi) is 7.41. The number of aliphatic hydroxyl groups excluding tert-OH is 1. The molecule has 0 atom stereocenters. The Hall–Kier alpha value is -2.14. The third kappa shape index (κ3) is 5.93. The highest BCUT2D eigenvalue weighted by atomic mass is 16.5. The molecule has 0 aromatic heterocycles. The first-order valence-corrected chi connectivity index (χ1v) is 9.80. The van der Waals surface area contributed by atoms with Crippen molar-refractivity contribution in [3.05, 3.63) is 77.4 Å². The molecule has 0 amide bonds. The Morgan fingerprint density at radius 3 is 2.18 bits per heavy atom. The van der Waals surface area contributed by atoms with Gasteiger partial charge in [-0.25, -0.2) is 0 Å². The van der Waals surface area contributed by atoms with Crippen LogP contribution >= 0.6 is 0 Å². The highest BCUT2D eigenvalue weighted by molar-refractivity contribution is 5.36. The van der Waals surface area contributed by atoms with Crippen LogP contribution in [0.25, 0.3) is 0 Å². The first-order valence-electron chi connectivity index (χ1n) is 9.80. The molecule has 0 heterocycles. The standard InChI is InChI=1S/C24H32O4/c1-5-24(27,6-2)15-14-23(3,4)20-8-7-9-21(16-20)28-17-18-10-12-19(13-11-18)22(25)26/h7-16,22,25-27H,5-6,17H2,1-4H3. The first kappa shape index (κ1) is 22.2. The van der Waals surface area contributed by atoms with E-state index in [1.165, 1.54) is 0 Å². The molecule has 0 bridgehead atoms. The maximum Gasteiger partial charge on any atom is 0.178 e. The predicted molar refractivity (Wildman–Crippen MR) is 112 cm³/mol. The minimum atomic E-state index is -1.46. The Morgan fingerprint density at radius 2 is 1.61 bits per heavy atom. The van der Waals surface area contributed by atoms with E-state index in [2.05, 4.69) is 26.0 Å². The van der Waals surface area contributed by atoms with Gasteiger partial charge in [0, 0.05) is 11.0 Å². The van der Waals surface area contributed by atoms with Crippen molar-refractivity contribution in [2.24, 2.45) is 0 Å². The summed E-state index contributed by atoms with van der Waals surface area (Å²) in [5.74, 6) is 0.770. The molecule has 0 spiro atoms. The molecule has 152 valence electrons. The van der Waals surface area contributed by atoms with Crippen LogP contribution in [0.1, 0.15) is 63.5 Å². The molecule has 4 nitrogen and oxygen atoms in total. The minimum Gasteiger partial charge on any atom is -0.489 e. The Bertz CT molecular complexity index is 771. The SMILES string of the molecule is CCC(O)(C=CC(C)(C)c1cccc(OCc2ccc(C(O)O)cc2)c1)CC. The number of benzene rings is 2. The fourth-order valence-electron chi connectivity index (χ4n) is 2.88. The first-order chi connectivity index (χ1) is 13.2. The highest BCUT2D eigenvalue weighted by Crippen LogP contribution is 2.30. The van der Waals surface area contributed by atoms with Crippen molar-refractivity contribution in [2.75, 3.05) is 0 Å². The Balaban J connectivity index is 2.09. The van der Waals surface area contributed by atoms with Gasteiger partial charge in [-0.3, -0.25) is 0 Å². The molecule has 0 unspecified atom stereocenters. The van der Waals surface area contributed by atoms with E-state index >= 15 is 0 Å². The van der Waals surface area contributed by atoms with Crippen LogP contribution < -0.4 is 4.74 Å². The minimum absolute atomic E-state index is 0.239. The fourth-order valence-corrected chi connectivity index (χ4v) is 2.88. The van der Waals surface area contributed by atoms with Crippen molar-refractivity contribution < 1.29 is 20.1 Å². The average molecular weight is 385 g/mol. The molecule has 2 rings (SSSR count). The van der Waals surface area contributed by atoms with E-state index in [0.29, 0.717) is 25.0 Å². The van der Waals surface area contributed by atoms with Crippen LogP contribution in [0.3, 0.4) is 0 Å². The molecule has 0 aliphatic rings. The van der Waals surface area contributed by atoms with Gasteiger partial charge in [-0.2, -0.15) is 0 Å². The number of rotatable bonds is 9. The van der Waals surface area contributed by atoms with Gasteiger partial charge in [0.2, 0.25) is 0 Å². The van der Waals surface area contributed by atoms with Gasteiger partial charge < -0.3 is 20.1 Å². The van der Waals surface area contributed by atoms with Crippen molar-refractivity contribution >= 4 is 0 Å². The van der Waals surface area contributed by atoms with Crippen LogP contribution in [0, 0.1) is 0 Å². The second-order valence-electron chi connectivity index (χ2n) is 7.80. The van der Waals surface area contributed by atoms with Gasteiger partial charge in [0.05, 0.1) is 5.60 Å². The molecule has 0 fully saturated rings. The maximum absolute atomic E-state index is 10.5. The van der Waals surface area contributed by atoms with E-state index in [9.17, 15) is 5.11 Å². The zero-order valence-electron chi connectivity index (χ0n) is 17.2. The molecule has 2 aromatic rings. The molecule has 4 heteroatoms. The van der Waals surface area contributed by atoms with Crippen LogP contribution in [0.4, 0.5) is 0 Å². The topological polar surface area (TPSA) is 69.9 Å². The Morgan fingerprint density at radius 1 is 0.964 bits per heavy atom. The summed E-state index contributed by atoms with van der Waals surface area (Å²) in [6, 6.07) is 15.0. The van der Waals surface area contributed by atoms with E-state index in [4.69, 9.17) is 14.9 Å². The molecule has 28 heavy (non-hydrogen) atoms. The van der Waals surface area contributed by atoms with Crippen molar-refractivity contribution in [1.82, 2.24) is 0 Å². The van der Waals surface area contributed by atoms with E-state index < -0.39 is 11.9 Å². The van der Waals surface area contributed by atoms with Crippen molar-refractivity contribution in [1.29, 1.82) is 0 Å². The lowest BCUT2D eigenvalue weighted by molar-refractivity contribution is -0.0425. The normalized spacial score (nSPS) is 12.7. The van der Waals surface area contributed by atoms with Gasteiger partial charge in [-0.1, -0.05) is 76.2 Å². The zero-order chi connectivity index (χ0) is 20.8. The van der Waals surface area contributed by atoms with Crippen molar-refractivity contribution in [3.63, 3.8) is 0 Å². The van der Waals surface area contributed by atoms with Gasteiger partial charge in [0.15, 0.2) is 6.29 Å². The van der Waals surface area contributed by atoms with E-state index in [0.717, 1.165) is 16.9 Å². The average Bonchev–Trinajstić information content (AvgIpc) is 2.71. The molecule has 0 aliphatic carbocycles. The van der Waals surface area contributed by atoms with Gasteiger partial charge in [-0.05, 0) is 36.1 Å². The molecule has 0 aliphatic heterocycles. The number of ether oxygens (including phenoxy) is 1. The van der Waals surface area contributed by atoms with Crippen molar-refractivity contribution in [3.8, 4) is 5.75 Å². The van der Waals surface area contributed by atoms with Crippen LogP contribution in [-0.4, -0.2) is 20.9 Å². The van der Waals surface area contributed by atoms with Crippen LogP contribution in [0.15, 0.2) is 60.7 Å². The predicted octanol–water partition coefficient (Wildman–Crippen LogP) is 4.63. The van der Waals surface area contributed by atoms with E-state index in [1.807, 2.05) is 50.3 Å². The number of allylic oxidation sites excluding steroid dienone is 1. The Labute approximate surface area is 168 Å². The molecule has 2 aromatic carbocycles. The largest absolute Gasteiger partial charge is 0.489 e. The quantitative estimate of drug-likeness (QED) is 0.435. The molecular weight excluding hydrogens is 352 g/mol. The summed E-state index contributed by atoms with van der Waals surface area (Å²) in [6.07, 6.45) is 3.90. The summed E-state index contributed by atoms with van der Waals surface area (Å²) >= 11 is 0. The summed E-state index contributed by atoms with van der Waals surface area (Å²) in [7, 11) is 0. The van der Waals surface area contributed by atoms with Gasteiger partial charge in [0.25, 0.3) is 0 Å². The maximum atomic E-state index is 10.5. The lowest BCUT2D eigenvalue weighted by Gasteiger charge is -2.26. The summed E-state index contributed by atoms with van der Waals surface area (Å²) in [6.45, 7) is 8.61. The molecule has 0 radical (unpaired) electrons. The summed E-state index contributed by atoms with van der Waals surface area (Å²) in [5, 5.41) is 28.8. The summed E-state index contributed by atoms with van der Waals surface area (Å²) in [4.78, 5) is 0. The third-order valence-corrected chi connectivity index (χ3v) is 5.30. The second-order valence-corrected chi connectivity index (χ2v) is 7.80. The van der Waals surface area contributed by atoms with Crippen LogP contribution in [-0.2, 0) is 12.0 Å². The monoisotopic (exact) mass is 384 g/mol. The number of hydrogen-bond acceptors (Lipinski definition) is 4. The van der Waals surface area contributed by atoms with Gasteiger partial charge >= 0.3 is 0 Å². The summed E-state index contributed by atoms with van der Waals surface area (Å²) < 4.78 is 5.92. The van der Waals surface area contributed by atoms with Crippen LogP contribution in [0.2, 0.25) is 0 Å².